The van der Waals surface area contributed by atoms with Crippen LogP contribution in [0.2, 0.25) is 0 Å². The average Bonchev–Trinajstić information content (AvgIpc) is 2.66. The van der Waals surface area contributed by atoms with Crippen molar-refractivity contribution in [1.29, 1.82) is 0 Å². The molecule has 96 valence electrons. The summed E-state index contributed by atoms with van der Waals surface area (Å²) in [6, 6.07) is 7.48. The number of aryl methyl sites for hydroxylation is 1. The van der Waals surface area contributed by atoms with Gasteiger partial charge < -0.3 is 0 Å². The Kier molecular flexibility index (Phi) is 3.94. The molecule has 7 heteroatoms. The lowest BCUT2D eigenvalue weighted by molar-refractivity contribution is 0.594. The van der Waals surface area contributed by atoms with E-state index in [1.807, 2.05) is 31.2 Å². The zero-order valence-corrected chi connectivity index (χ0v) is 12.2. The van der Waals surface area contributed by atoms with E-state index in [4.69, 9.17) is 12.2 Å². The Bertz CT molecular complexity index is 684. The van der Waals surface area contributed by atoms with Gasteiger partial charge in [0.05, 0.1) is 5.75 Å². The molecule has 1 aromatic carbocycles. The molecule has 0 atom stereocenters. The van der Waals surface area contributed by atoms with Gasteiger partial charge in [0.25, 0.3) is 0 Å². The fourth-order valence-corrected chi connectivity index (χ4v) is 4.25. The van der Waals surface area contributed by atoms with Gasteiger partial charge in [-0.3, -0.25) is 5.10 Å². The normalized spacial score (nSPS) is 11.6. The molecule has 0 radical (unpaired) electrons. The van der Waals surface area contributed by atoms with E-state index in [1.54, 1.807) is 0 Å². The number of H-pyrrole nitrogens is 1. The van der Waals surface area contributed by atoms with Crippen molar-refractivity contribution in [3.05, 3.63) is 44.4 Å². The van der Waals surface area contributed by atoms with Crippen molar-refractivity contribution < 1.29 is 8.42 Å². The van der Waals surface area contributed by atoms with Crippen LogP contribution in [0.15, 0.2) is 24.3 Å². The zero-order valence-electron chi connectivity index (χ0n) is 9.71. The van der Waals surface area contributed by atoms with Gasteiger partial charge >= 0.3 is 0 Å². The van der Waals surface area contributed by atoms with Crippen LogP contribution in [0.25, 0.3) is 0 Å². The maximum atomic E-state index is 12.0. The molecule has 2 aromatic rings. The molecule has 1 aromatic heterocycles. The van der Waals surface area contributed by atoms with Crippen LogP contribution in [-0.2, 0) is 21.3 Å². The Morgan fingerprint density at radius 3 is 2.50 bits per heavy atom. The maximum absolute atomic E-state index is 12.0. The fraction of sp³-hybridized carbons (Fsp3) is 0.273. The lowest BCUT2D eigenvalue weighted by Gasteiger charge is -2.02. The summed E-state index contributed by atoms with van der Waals surface area (Å²) < 4.78 is 24.5. The van der Waals surface area contributed by atoms with Crippen molar-refractivity contribution in [1.82, 2.24) is 10.2 Å². The van der Waals surface area contributed by atoms with Gasteiger partial charge in [-0.2, -0.15) is 5.10 Å². The third kappa shape index (κ3) is 3.72. The van der Waals surface area contributed by atoms with Gasteiger partial charge in [-0.15, -0.1) is 0 Å². The third-order valence-corrected chi connectivity index (χ3v) is 5.09. The summed E-state index contributed by atoms with van der Waals surface area (Å²) in [6.07, 6.45) is 0. The number of hydrogen-bond acceptors (Lipinski definition) is 5. The highest BCUT2D eigenvalue weighted by Gasteiger charge is 2.15. The Morgan fingerprint density at radius 1 is 1.28 bits per heavy atom. The van der Waals surface area contributed by atoms with Gasteiger partial charge in [0.15, 0.2) is 13.8 Å². The number of aromatic nitrogens is 2. The molecule has 1 N–H and O–H groups in total. The summed E-state index contributed by atoms with van der Waals surface area (Å²) in [6.45, 7) is 1.97. The van der Waals surface area contributed by atoms with Gasteiger partial charge in [-0.25, -0.2) is 8.42 Å². The second-order valence-electron chi connectivity index (χ2n) is 4.02. The number of rotatable bonds is 4. The van der Waals surface area contributed by atoms with Gasteiger partial charge in [0.1, 0.15) is 10.8 Å². The summed E-state index contributed by atoms with van der Waals surface area (Å²) >= 11 is 6.07. The summed E-state index contributed by atoms with van der Waals surface area (Å²) in [4.78, 5) is 0. The van der Waals surface area contributed by atoms with Gasteiger partial charge in [-0.1, -0.05) is 41.2 Å². The first-order chi connectivity index (χ1) is 8.44. The molecule has 0 unspecified atom stereocenters. The lowest BCUT2D eigenvalue weighted by Crippen LogP contribution is -2.07. The molecule has 0 saturated heterocycles. The van der Waals surface area contributed by atoms with Crippen molar-refractivity contribution >= 4 is 33.4 Å². The predicted octanol–water partition coefficient (Wildman–Crippen LogP) is 2.62. The van der Waals surface area contributed by atoms with Crippen molar-refractivity contribution in [3.8, 4) is 0 Å². The first-order valence-electron chi connectivity index (χ1n) is 5.25. The molecule has 0 aliphatic heterocycles. The molecule has 1 heterocycles. The largest absolute Gasteiger partial charge is 0.258 e. The second kappa shape index (κ2) is 5.29. The molecule has 4 nitrogen and oxygen atoms in total. The van der Waals surface area contributed by atoms with Crippen molar-refractivity contribution in [2.75, 3.05) is 0 Å². The number of hydrogen-bond donors (Lipinski definition) is 1. The molecule has 0 bridgehead atoms. The summed E-state index contributed by atoms with van der Waals surface area (Å²) in [5.74, 6) is -0.0433. The minimum absolute atomic E-state index is 0.0274. The summed E-state index contributed by atoms with van der Waals surface area (Å²) in [7, 11) is -3.21. The van der Waals surface area contributed by atoms with Crippen molar-refractivity contribution in [2.45, 2.75) is 18.4 Å². The number of benzene rings is 1. The first kappa shape index (κ1) is 13.4. The summed E-state index contributed by atoms with van der Waals surface area (Å²) in [5, 5.41) is 6.95. The Balaban J connectivity index is 2.12. The van der Waals surface area contributed by atoms with E-state index in [0.717, 1.165) is 11.1 Å². The fourth-order valence-electron chi connectivity index (χ4n) is 1.50. The van der Waals surface area contributed by atoms with Crippen LogP contribution < -0.4 is 0 Å². The van der Waals surface area contributed by atoms with Crippen LogP contribution >= 0.6 is 23.6 Å². The maximum Gasteiger partial charge on any atom is 0.176 e. The smallest absolute Gasteiger partial charge is 0.176 e. The highest BCUT2D eigenvalue weighted by molar-refractivity contribution is 7.90. The SMILES string of the molecule is Cc1ccc(CS(=O)(=O)Cc2n[nH]c(=S)s2)cc1. The zero-order chi connectivity index (χ0) is 13.2. The molecule has 2 rings (SSSR count). The molecule has 0 fully saturated rings. The molecule has 0 saturated carbocycles. The molecular weight excluding hydrogens is 288 g/mol. The van der Waals surface area contributed by atoms with Crippen molar-refractivity contribution in [3.63, 3.8) is 0 Å². The predicted molar refractivity (Wildman–Crippen MR) is 74.8 cm³/mol. The van der Waals surface area contributed by atoms with E-state index in [-0.39, 0.29) is 11.5 Å². The van der Waals surface area contributed by atoms with E-state index in [9.17, 15) is 8.42 Å². The van der Waals surface area contributed by atoms with Gasteiger partial charge in [0.2, 0.25) is 0 Å². The Hall–Kier alpha value is -1.05. The molecule has 0 spiro atoms. The quantitative estimate of drug-likeness (QED) is 0.882. The van der Waals surface area contributed by atoms with Crippen LogP contribution in [-0.4, -0.2) is 18.6 Å². The van der Waals surface area contributed by atoms with Crippen LogP contribution in [0, 0.1) is 10.9 Å². The van der Waals surface area contributed by atoms with Crippen LogP contribution in [0.4, 0.5) is 0 Å². The Morgan fingerprint density at radius 2 is 1.94 bits per heavy atom. The van der Waals surface area contributed by atoms with E-state index in [0.29, 0.717) is 8.96 Å². The number of nitrogens with one attached hydrogen (secondary N) is 1. The monoisotopic (exact) mass is 300 g/mol. The van der Waals surface area contributed by atoms with Crippen LogP contribution in [0.3, 0.4) is 0 Å². The van der Waals surface area contributed by atoms with Gasteiger partial charge in [0, 0.05) is 0 Å². The number of aromatic amines is 1. The molecule has 0 amide bonds. The van der Waals surface area contributed by atoms with E-state index in [2.05, 4.69) is 10.2 Å². The minimum atomic E-state index is -3.21. The Labute approximate surface area is 115 Å². The van der Waals surface area contributed by atoms with E-state index in [1.165, 1.54) is 11.3 Å². The molecule has 18 heavy (non-hydrogen) atoms. The average molecular weight is 300 g/mol. The highest BCUT2D eigenvalue weighted by atomic mass is 32.2. The topological polar surface area (TPSA) is 62.8 Å². The first-order valence-corrected chi connectivity index (χ1v) is 8.29. The second-order valence-corrected chi connectivity index (χ2v) is 7.84. The van der Waals surface area contributed by atoms with Gasteiger partial charge in [-0.05, 0) is 24.7 Å². The highest BCUT2D eigenvalue weighted by Crippen LogP contribution is 2.14. The number of sulfone groups is 1. The van der Waals surface area contributed by atoms with Crippen LogP contribution in [0.5, 0.6) is 0 Å². The van der Waals surface area contributed by atoms with E-state index < -0.39 is 9.84 Å². The molecular formula is C11H12N2O2S3. The van der Waals surface area contributed by atoms with E-state index >= 15 is 0 Å². The number of nitrogens with zero attached hydrogens (tertiary/aromatic N) is 1. The minimum Gasteiger partial charge on any atom is -0.258 e. The lowest BCUT2D eigenvalue weighted by atomic mass is 10.2. The molecule has 0 aliphatic rings. The standard InChI is InChI=1S/C11H12N2O2S3/c1-8-2-4-9(5-3-8)6-18(14,15)7-10-12-13-11(16)17-10/h2-5H,6-7H2,1H3,(H,13,16). The summed E-state index contributed by atoms with van der Waals surface area (Å²) in [5.41, 5.74) is 1.90. The van der Waals surface area contributed by atoms with Crippen LogP contribution in [0.1, 0.15) is 16.1 Å². The van der Waals surface area contributed by atoms with Crippen molar-refractivity contribution in [2.24, 2.45) is 0 Å². The molecule has 0 aliphatic carbocycles. The third-order valence-electron chi connectivity index (χ3n) is 2.33.